The Hall–Kier alpha value is 1.16. The Morgan fingerprint density at radius 3 is 2.18 bits per heavy atom. The first-order valence-corrected chi connectivity index (χ1v) is 5.91. The van der Waals surface area contributed by atoms with Crippen molar-refractivity contribution in [2.75, 3.05) is 0 Å². The molecular weight excluding hydrogens is 170 g/mol. The summed E-state index contributed by atoms with van der Waals surface area (Å²) in [5.41, 5.74) is 0. The summed E-state index contributed by atoms with van der Waals surface area (Å²) in [6, 6.07) is 2.22. The van der Waals surface area contributed by atoms with Gasteiger partial charge in [0.15, 0.2) is 9.04 Å². The van der Waals surface area contributed by atoms with Crippen LogP contribution in [0.4, 0.5) is 0 Å². The second-order valence-electron chi connectivity index (χ2n) is 2.72. The van der Waals surface area contributed by atoms with E-state index < -0.39 is 16.4 Å². The van der Waals surface area contributed by atoms with Crippen LogP contribution in [-0.4, -0.2) is 26.4 Å². The maximum atomic E-state index is 8.47. The van der Waals surface area contributed by atoms with Gasteiger partial charge in [0, 0.05) is 0 Å². The average molecular weight is 184 g/mol. The molecule has 0 aromatic carbocycles. The van der Waals surface area contributed by atoms with Gasteiger partial charge in [0.1, 0.15) is 0 Å². The molecule has 1 aliphatic rings. The third kappa shape index (κ3) is 5.41. The molecule has 0 radical (unpaired) electrons. The van der Waals surface area contributed by atoms with Gasteiger partial charge >= 0.3 is 36.9 Å². The van der Waals surface area contributed by atoms with E-state index in [1.165, 1.54) is 19.3 Å². The van der Waals surface area contributed by atoms with Crippen LogP contribution in [0.3, 0.4) is 0 Å². The van der Waals surface area contributed by atoms with Gasteiger partial charge in [-0.05, 0) is 12.1 Å². The summed E-state index contributed by atoms with van der Waals surface area (Å²) in [5, 5.41) is 16.9. The zero-order valence-corrected chi connectivity index (χ0v) is 10.1. The molecule has 1 aliphatic heterocycles. The monoisotopic (exact) mass is 184 g/mol. The van der Waals surface area contributed by atoms with E-state index in [-0.39, 0.29) is 31.0 Å². The maximum absolute atomic E-state index is 8.47. The van der Waals surface area contributed by atoms with Crippen LogP contribution < -0.4 is 29.6 Å². The summed E-state index contributed by atoms with van der Waals surface area (Å²) < 4.78 is 4.94. The Labute approximate surface area is 92.8 Å². The fraction of sp³-hybridized carbons (Fsp3) is 1.00. The topological polar surface area (TPSA) is 49.7 Å². The van der Waals surface area contributed by atoms with Gasteiger partial charge in [-0.3, -0.25) is 0 Å². The van der Waals surface area contributed by atoms with Crippen LogP contribution in [0.15, 0.2) is 0 Å². The molecule has 0 aromatic heterocycles. The van der Waals surface area contributed by atoms with Crippen molar-refractivity contribution in [1.82, 2.24) is 0 Å². The molecule has 1 rings (SSSR count). The fourth-order valence-electron chi connectivity index (χ4n) is 1.37. The van der Waals surface area contributed by atoms with Gasteiger partial charge in [-0.25, -0.2) is 0 Å². The van der Waals surface area contributed by atoms with Crippen molar-refractivity contribution in [3.63, 3.8) is 0 Å². The van der Waals surface area contributed by atoms with Crippen molar-refractivity contribution in [2.45, 2.75) is 31.4 Å². The smallest absolute Gasteiger partial charge is 1.00 e. The molecule has 11 heavy (non-hydrogen) atoms. The largest absolute Gasteiger partial charge is 1.00 e. The normalized spacial score (nSPS) is 19.1. The summed E-state index contributed by atoms with van der Waals surface area (Å²) in [6.07, 6.45) is 3.71. The zero-order chi connectivity index (χ0) is 7.40. The molecule has 0 aromatic rings. The predicted molar refractivity (Wildman–Crippen MR) is 43.0 cm³/mol. The van der Waals surface area contributed by atoms with E-state index in [0.717, 1.165) is 12.1 Å². The van der Waals surface area contributed by atoms with Gasteiger partial charge in [-0.1, -0.05) is 19.3 Å². The Morgan fingerprint density at radius 2 is 1.73 bits per heavy atom. The minimum atomic E-state index is -1.52. The second-order valence-corrected chi connectivity index (χ2v) is 5.39. The predicted octanol–water partition coefficient (Wildman–Crippen LogP) is -3.00. The van der Waals surface area contributed by atoms with Gasteiger partial charge in [0.05, 0.1) is 0 Å². The fourth-order valence-corrected chi connectivity index (χ4v) is 3.77. The Bertz CT molecular complexity index is 105. The van der Waals surface area contributed by atoms with Crippen molar-refractivity contribution in [3.05, 3.63) is 0 Å². The van der Waals surface area contributed by atoms with Crippen molar-refractivity contribution in [1.29, 1.82) is 0 Å². The molecule has 0 aliphatic carbocycles. The van der Waals surface area contributed by atoms with E-state index in [0.29, 0.717) is 0 Å². The average Bonchev–Trinajstić information content (AvgIpc) is 1.88. The summed E-state index contributed by atoms with van der Waals surface area (Å²) in [4.78, 5) is 0. The molecule has 1 saturated heterocycles. The van der Waals surface area contributed by atoms with Gasteiger partial charge in [-0.2, -0.15) is 0 Å². The Morgan fingerprint density at radius 1 is 1.18 bits per heavy atom. The zero-order valence-electron chi connectivity index (χ0n) is 7.99. The molecule has 0 saturated carbocycles. The van der Waals surface area contributed by atoms with Crippen LogP contribution >= 0.6 is 0 Å². The molecule has 1 fully saturated rings. The van der Waals surface area contributed by atoms with Crippen molar-refractivity contribution >= 4 is 16.4 Å². The van der Waals surface area contributed by atoms with E-state index in [4.69, 9.17) is 14.4 Å². The number of hydrogen-bond acceptors (Lipinski definition) is 3. The van der Waals surface area contributed by atoms with Crippen LogP contribution in [0.5, 0.6) is 0 Å². The van der Waals surface area contributed by atoms with E-state index in [2.05, 4.69) is 0 Å². The van der Waals surface area contributed by atoms with Crippen LogP contribution in [0, 0.1) is 0 Å². The first kappa shape index (κ1) is 12.2. The van der Waals surface area contributed by atoms with Crippen LogP contribution in [0.1, 0.15) is 20.7 Å². The summed E-state index contributed by atoms with van der Waals surface area (Å²) >= 11 is 0. The van der Waals surface area contributed by atoms with Crippen LogP contribution in [-0.2, 0) is 4.34 Å². The molecule has 2 N–H and O–H groups in total. The summed E-state index contributed by atoms with van der Waals surface area (Å²) in [5.74, 6) is 0. The molecule has 1 heterocycles. The Kier molecular flexibility index (Phi) is 7.36. The van der Waals surface area contributed by atoms with Crippen LogP contribution in [0.25, 0.3) is 0 Å². The molecule has 3 nitrogen and oxygen atoms in total. The molecule has 60 valence electrons. The van der Waals surface area contributed by atoms with Crippen LogP contribution in [0.2, 0.25) is 12.1 Å². The van der Waals surface area contributed by atoms with E-state index in [1.54, 1.807) is 0 Å². The van der Waals surface area contributed by atoms with Gasteiger partial charge in [-0.15, -0.1) is 0 Å². The third-order valence-electron chi connectivity index (χ3n) is 1.87. The SMILES string of the molecule is OB(O)O[SiH]1CCCCC1.[H-].[Na+]. The molecule has 0 amide bonds. The maximum Gasteiger partial charge on any atom is 1.00 e. The van der Waals surface area contributed by atoms with Crippen molar-refractivity contribution in [3.8, 4) is 0 Å². The van der Waals surface area contributed by atoms with E-state index in [9.17, 15) is 0 Å². The molecule has 0 unspecified atom stereocenters. The summed E-state index contributed by atoms with van der Waals surface area (Å²) in [6.45, 7) is 0. The minimum Gasteiger partial charge on any atom is -1.00 e. The number of hydrogen-bond donors (Lipinski definition) is 2. The molecule has 6 heteroatoms. The molecular formula is C5H14BNaO3Si. The minimum absolute atomic E-state index is 0. The first-order valence-electron chi connectivity index (χ1n) is 3.80. The quantitative estimate of drug-likeness (QED) is 0.449. The standard InChI is InChI=1S/C5H13BO3Si.Na.H/c7-6(8)9-10-4-2-1-3-5-10;;/h7-8,10H,1-5H2;;/q;+1;-1. The van der Waals surface area contributed by atoms with Gasteiger partial charge in [0.2, 0.25) is 0 Å². The molecule has 0 bridgehead atoms. The number of rotatable bonds is 2. The van der Waals surface area contributed by atoms with Crippen molar-refractivity contribution in [2.24, 2.45) is 0 Å². The second kappa shape index (κ2) is 6.65. The van der Waals surface area contributed by atoms with E-state index >= 15 is 0 Å². The summed E-state index contributed by atoms with van der Waals surface area (Å²) in [7, 11) is -2.70. The molecule has 0 atom stereocenters. The van der Waals surface area contributed by atoms with Crippen molar-refractivity contribution < 1.29 is 45.4 Å². The first-order chi connectivity index (χ1) is 4.79. The van der Waals surface area contributed by atoms with Gasteiger partial charge in [0.25, 0.3) is 0 Å². The molecule has 0 spiro atoms. The van der Waals surface area contributed by atoms with Gasteiger partial charge < -0.3 is 15.8 Å². The Balaban J connectivity index is 0. The van der Waals surface area contributed by atoms with E-state index in [1.807, 2.05) is 0 Å². The third-order valence-corrected chi connectivity index (χ3v) is 4.60.